The number of aryl methyl sites for hydroxylation is 1. The van der Waals surface area contributed by atoms with Gasteiger partial charge in [-0.2, -0.15) is 5.10 Å². The van der Waals surface area contributed by atoms with Crippen LogP contribution >= 0.6 is 11.3 Å². The fraction of sp³-hybridized carbons (Fsp3) is 0.615. The molecule has 5 nitrogen and oxygen atoms in total. The summed E-state index contributed by atoms with van der Waals surface area (Å²) in [6.07, 6.45) is 1.34. The van der Waals surface area contributed by atoms with Crippen LogP contribution in [-0.4, -0.2) is 24.9 Å². The number of thiazole rings is 1. The van der Waals surface area contributed by atoms with Crippen molar-refractivity contribution in [2.45, 2.75) is 52.2 Å². The molecule has 0 saturated heterocycles. The van der Waals surface area contributed by atoms with Gasteiger partial charge in [-0.3, -0.25) is 4.68 Å². The molecule has 0 aromatic carbocycles. The average Bonchev–Trinajstić information content (AvgIpc) is 2.95. The molecule has 1 N–H and O–H groups in total. The lowest BCUT2D eigenvalue weighted by molar-refractivity contribution is 0.169. The maximum absolute atomic E-state index is 10.3. The van der Waals surface area contributed by atoms with Crippen molar-refractivity contribution in [1.29, 1.82) is 0 Å². The summed E-state index contributed by atoms with van der Waals surface area (Å²) in [6.45, 7) is 9.12. The molecule has 1 unspecified atom stereocenters. The van der Waals surface area contributed by atoms with Gasteiger partial charge in [-0.25, -0.2) is 9.97 Å². The first-order valence-corrected chi connectivity index (χ1v) is 7.30. The molecule has 0 bridgehead atoms. The number of aliphatic hydroxyl groups excluding tert-OH is 1. The zero-order valence-corrected chi connectivity index (χ0v) is 12.6. The smallest absolute Gasteiger partial charge is 0.138 e. The third-order valence-corrected chi connectivity index (χ3v) is 4.16. The van der Waals surface area contributed by atoms with E-state index in [4.69, 9.17) is 0 Å². The Hall–Kier alpha value is -1.27. The Morgan fingerprint density at radius 2 is 2.16 bits per heavy atom. The topological polar surface area (TPSA) is 63.8 Å². The van der Waals surface area contributed by atoms with Crippen molar-refractivity contribution in [1.82, 2.24) is 19.7 Å². The Kier molecular flexibility index (Phi) is 4.01. The van der Waals surface area contributed by atoms with Gasteiger partial charge in [-0.05, 0) is 6.92 Å². The van der Waals surface area contributed by atoms with Crippen molar-refractivity contribution in [3.8, 4) is 0 Å². The minimum absolute atomic E-state index is 0.0199. The molecule has 6 heteroatoms. The van der Waals surface area contributed by atoms with Crippen molar-refractivity contribution < 1.29 is 5.11 Å². The second-order valence-corrected chi connectivity index (χ2v) is 6.40. The van der Waals surface area contributed by atoms with Crippen LogP contribution in [0.4, 0.5) is 0 Å². The van der Waals surface area contributed by atoms with Gasteiger partial charge in [0.05, 0.1) is 10.7 Å². The van der Waals surface area contributed by atoms with Crippen molar-refractivity contribution in [3.05, 3.63) is 28.2 Å². The van der Waals surface area contributed by atoms with Crippen LogP contribution in [0.5, 0.6) is 0 Å². The Balaban J connectivity index is 2.12. The molecule has 0 aliphatic carbocycles. The maximum atomic E-state index is 10.3. The van der Waals surface area contributed by atoms with E-state index in [9.17, 15) is 5.11 Å². The van der Waals surface area contributed by atoms with Crippen LogP contribution in [0.25, 0.3) is 0 Å². The number of rotatable bonds is 4. The van der Waals surface area contributed by atoms with Crippen LogP contribution in [0.15, 0.2) is 11.7 Å². The van der Waals surface area contributed by atoms with E-state index in [1.54, 1.807) is 16.0 Å². The van der Waals surface area contributed by atoms with E-state index in [-0.39, 0.29) is 5.41 Å². The van der Waals surface area contributed by atoms with Crippen LogP contribution in [0.1, 0.15) is 50.3 Å². The summed E-state index contributed by atoms with van der Waals surface area (Å²) in [5, 5.41) is 17.3. The van der Waals surface area contributed by atoms with E-state index < -0.39 is 6.10 Å². The first-order chi connectivity index (χ1) is 8.91. The zero-order valence-electron chi connectivity index (χ0n) is 11.8. The van der Waals surface area contributed by atoms with E-state index in [1.165, 1.54) is 6.33 Å². The van der Waals surface area contributed by atoms with Crippen LogP contribution in [0.3, 0.4) is 0 Å². The SMILES string of the molecule is CCn1ncnc1CC(O)c1csc(C(C)(C)C)n1. The predicted molar refractivity (Wildman–Crippen MR) is 75.2 cm³/mol. The second kappa shape index (κ2) is 5.38. The second-order valence-electron chi connectivity index (χ2n) is 5.54. The highest BCUT2D eigenvalue weighted by Crippen LogP contribution is 2.28. The molecule has 1 atom stereocenters. The van der Waals surface area contributed by atoms with Crippen molar-refractivity contribution in [2.24, 2.45) is 0 Å². The fourth-order valence-electron chi connectivity index (χ4n) is 1.77. The maximum Gasteiger partial charge on any atom is 0.138 e. The molecule has 2 aromatic rings. The van der Waals surface area contributed by atoms with Gasteiger partial charge in [-0.1, -0.05) is 20.8 Å². The number of hydrogen-bond donors (Lipinski definition) is 1. The zero-order chi connectivity index (χ0) is 14.0. The first-order valence-electron chi connectivity index (χ1n) is 6.42. The van der Waals surface area contributed by atoms with E-state index in [0.717, 1.165) is 23.1 Å². The summed E-state index contributed by atoms with van der Waals surface area (Å²) in [5.41, 5.74) is 0.743. The number of hydrogen-bond acceptors (Lipinski definition) is 5. The molecule has 2 heterocycles. The summed E-state index contributed by atoms with van der Waals surface area (Å²) in [7, 11) is 0. The molecule has 0 radical (unpaired) electrons. The van der Waals surface area contributed by atoms with Gasteiger partial charge in [-0.15, -0.1) is 11.3 Å². The standard InChI is InChI=1S/C13H20N4OS/c1-5-17-11(14-8-15-17)6-10(18)9-7-19-12(16-9)13(2,3)4/h7-8,10,18H,5-6H2,1-4H3. The molecule has 2 aromatic heterocycles. The Labute approximate surface area is 117 Å². The summed E-state index contributed by atoms with van der Waals surface area (Å²) >= 11 is 1.59. The van der Waals surface area contributed by atoms with Crippen molar-refractivity contribution in [2.75, 3.05) is 0 Å². The third kappa shape index (κ3) is 3.19. The number of nitrogens with zero attached hydrogens (tertiary/aromatic N) is 4. The Morgan fingerprint density at radius 1 is 1.42 bits per heavy atom. The molecular formula is C13H20N4OS. The lowest BCUT2D eigenvalue weighted by Gasteiger charge is -2.14. The molecule has 0 aliphatic heterocycles. The van der Waals surface area contributed by atoms with Crippen molar-refractivity contribution in [3.63, 3.8) is 0 Å². The Bertz CT molecular complexity index is 541. The van der Waals surface area contributed by atoms with Gasteiger partial charge in [0.2, 0.25) is 0 Å². The quantitative estimate of drug-likeness (QED) is 0.933. The minimum Gasteiger partial charge on any atom is -0.386 e. The summed E-state index contributed by atoms with van der Waals surface area (Å²) in [4.78, 5) is 8.70. The lowest BCUT2D eigenvalue weighted by atomic mass is 9.98. The van der Waals surface area contributed by atoms with E-state index in [2.05, 4.69) is 35.8 Å². The largest absolute Gasteiger partial charge is 0.386 e. The molecule has 19 heavy (non-hydrogen) atoms. The summed E-state index contributed by atoms with van der Waals surface area (Å²) in [6, 6.07) is 0. The number of aromatic nitrogens is 4. The van der Waals surface area contributed by atoms with Gasteiger partial charge in [0, 0.05) is 23.8 Å². The molecule has 2 rings (SSSR count). The van der Waals surface area contributed by atoms with Crippen LogP contribution in [0, 0.1) is 0 Å². The fourth-order valence-corrected chi connectivity index (χ4v) is 2.73. The monoisotopic (exact) mass is 280 g/mol. The summed E-state index contributed by atoms with van der Waals surface area (Å²) in [5.74, 6) is 0.792. The van der Waals surface area contributed by atoms with Crippen LogP contribution in [0.2, 0.25) is 0 Å². The average molecular weight is 280 g/mol. The van der Waals surface area contributed by atoms with Gasteiger partial charge in [0.25, 0.3) is 0 Å². The van der Waals surface area contributed by atoms with E-state index in [1.807, 2.05) is 12.3 Å². The van der Waals surface area contributed by atoms with E-state index in [0.29, 0.717) is 6.42 Å². The molecule has 0 spiro atoms. The molecule has 104 valence electrons. The lowest BCUT2D eigenvalue weighted by Crippen LogP contribution is -2.12. The normalized spacial score (nSPS) is 13.7. The highest BCUT2D eigenvalue weighted by Gasteiger charge is 2.21. The summed E-state index contributed by atoms with van der Waals surface area (Å²) < 4.78 is 1.79. The van der Waals surface area contributed by atoms with Gasteiger partial charge >= 0.3 is 0 Å². The molecule has 0 fully saturated rings. The van der Waals surface area contributed by atoms with Gasteiger partial charge in [0.15, 0.2) is 0 Å². The first kappa shape index (κ1) is 14.1. The third-order valence-electron chi connectivity index (χ3n) is 2.88. The number of aliphatic hydroxyl groups is 1. The Morgan fingerprint density at radius 3 is 2.74 bits per heavy atom. The minimum atomic E-state index is -0.623. The predicted octanol–water partition coefficient (Wildman–Crippen LogP) is 2.33. The van der Waals surface area contributed by atoms with E-state index >= 15 is 0 Å². The molecule has 0 aliphatic rings. The molecule has 0 amide bonds. The highest BCUT2D eigenvalue weighted by atomic mass is 32.1. The molecular weight excluding hydrogens is 260 g/mol. The van der Waals surface area contributed by atoms with Crippen molar-refractivity contribution >= 4 is 11.3 Å². The highest BCUT2D eigenvalue weighted by molar-refractivity contribution is 7.09. The van der Waals surface area contributed by atoms with Crippen LogP contribution in [-0.2, 0) is 18.4 Å². The van der Waals surface area contributed by atoms with Gasteiger partial charge < -0.3 is 5.11 Å². The molecule has 0 saturated carbocycles. The van der Waals surface area contributed by atoms with Gasteiger partial charge in [0.1, 0.15) is 18.3 Å². The van der Waals surface area contributed by atoms with Crippen LogP contribution < -0.4 is 0 Å².